The third-order valence-electron chi connectivity index (χ3n) is 5.77. The number of pyridine rings is 1. The van der Waals surface area contributed by atoms with Gasteiger partial charge in [-0.05, 0) is 30.9 Å². The second-order valence-corrected chi connectivity index (χ2v) is 7.41. The molecule has 1 saturated carbocycles. The summed E-state index contributed by atoms with van der Waals surface area (Å²) in [5.41, 5.74) is 0.638. The van der Waals surface area contributed by atoms with Gasteiger partial charge in [-0.25, -0.2) is 0 Å². The van der Waals surface area contributed by atoms with E-state index in [9.17, 15) is 9.59 Å². The van der Waals surface area contributed by atoms with E-state index in [0.29, 0.717) is 24.6 Å². The minimum Gasteiger partial charge on any atom is -0.364 e. The van der Waals surface area contributed by atoms with Crippen LogP contribution in [0.15, 0.2) is 24.5 Å². The molecule has 0 N–H and O–H groups in total. The molecule has 2 saturated heterocycles. The Balaban J connectivity index is 1.46. The molecule has 3 aliphatic rings. The Morgan fingerprint density at radius 3 is 2.68 bits per heavy atom. The molecule has 0 bridgehead atoms. The molecule has 2 amide bonds. The number of aromatic nitrogens is 1. The van der Waals surface area contributed by atoms with Crippen LogP contribution >= 0.6 is 0 Å². The first-order valence-corrected chi connectivity index (χ1v) is 9.33. The lowest BCUT2D eigenvalue weighted by Gasteiger charge is -2.39. The fourth-order valence-corrected chi connectivity index (χ4v) is 4.39. The van der Waals surface area contributed by atoms with E-state index in [0.717, 1.165) is 6.54 Å². The summed E-state index contributed by atoms with van der Waals surface area (Å²) >= 11 is 0. The maximum Gasteiger partial charge on any atom is 0.254 e. The summed E-state index contributed by atoms with van der Waals surface area (Å²) in [6.07, 6.45) is 9.47. The highest BCUT2D eigenvalue weighted by atomic mass is 16.5. The summed E-state index contributed by atoms with van der Waals surface area (Å²) in [6.45, 7) is 2.08. The molecule has 6 heteroatoms. The van der Waals surface area contributed by atoms with Crippen LogP contribution in [-0.2, 0) is 9.53 Å². The molecule has 2 atom stereocenters. The highest BCUT2D eigenvalue weighted by Crippen LogP contribution is 2.29. The minimum atomic E-state index is -0.0629. The van der Waals surface area contributed by atoms with E-state index in [1.54, 1.807) is 24.5 Å². The predicted octanol–water partition coefficient (Wildman–Crippen LogP) is 1.71. The van der Waals surface area contributed by atoms with Crippen LogP contribution in [0.3, 0.4) is 0 Å². The zero-order valence-electron chi connectivity index (χ0n) is 14.5. The maximum absolute atomic E-state index is 12.7. The molecule has 1 aliphatic carbocycles. The van der Waals surface area contributed by atoms with Gasteiger partial charge in [0.15, 0.2) is 0 Å². The van der Waals surface area contributed by atoms with Crippen molar-refractivity contribution in [3.8, 4) is 0 Å². The van der Waals surface area contributed by atoms with Gasteiger partial charge < -0.3 is 14.5 Å². The molecule has 3 fully saturated rings. The Bertz CT molecular complexity index is 630. The molecule has 4 rings (SSSR count). The molecule has 6 nitrogen and oxygen atoms in total. The van der Waals surface area contributed by atoms with Crippen LogP contribution < -0.4 is 0 Å². The third-order valence-corrected chi connectivity index (χ3v) is 5.77. The van der Waals surface area contributed by atoms with Gasteiger partial charge >= 0.3 is 0 Å². The van der Waals surface area contributed by atoms with Gasteiger partial charge in [0.05, 0.1) is 12.1 Å². The number of hydrogen-bond acceptors (Lipinski definition) is 4. The Kier molecular flexibility index (Phi) is 4.70. The predicted molar refractivity (Wildman–Crippen MR) is 92.0 cm³/mol. The molecule has 0 spiro atoms. The number of carbonyl (C=O) groups is 2. The van der Waals surface area contributed by atoms with Crippen molar-refractivity contribution in [3.63, 3.8) is 0 Å². The van der Waals surface area contributed by atoms with Crippen molar-refractivity contribution >= 4 is 11.8 Å². The van der Waals surface area contributed by atoms with E-state index in [-0.39, 0.29) is 30.6 Å². The van der Waals surface area contributed by atoms with Gasteiger partial charge in [-0.3, -0.25) is 14.6 Å². The Labute approximate surface area is 148 Å². The average molecular weight is 343 g/mol. The lowest BCUT2D eigenvalue weighted by Crippen LogP contribution is -2.55. The quantitative estimate of drug-likeness (QED) is 0.838. The first-order valence-electron chi connectivity index (χ1n) is 9.33. The number of likely N-dealkylation sites (tertiary alicyclic amines) is 1. The summed E-state index contributed by atoms with van der Waals surface area (Å²) in [5, 5.41) is 0. The fraction of sp³-hybridized carbons (Fsp3) is 0.632. The Morgan fingerprint density at radius 2 is 1.92 bits per heavy atom. The molecule has 25 heavy (non-hydrogen) atoms. The van der Waals surface area contributed by atoms with Crippen molar-refractivity contribution in [1.29, 1.82) is 0 Å². The van der Waals surface area contributed by atoms with Crippen molar-refractivity contribution in [2.45, 2.75) is 44.2 Å². The number of amides is 2. The monoisotopic (exact) mass is 343 g/mol. The maximum atomic E-state index is 12.7. The summed E-state index contributed by atoms with van der Waals surface area (Å²) in [4.78, 5) is 32.9. The molecule has 2 unspecified atom stereocenters. The molecular weight excluding hydrogens is 318 g/mol. The van der Waals surface area contributed by atoms with Gasteiger partial charge in [-0.15, -0.1) is 0 Å². The summed E-state index contributed by atoms with van der Waals surface area (Å²) < 4.78 is 5.75. The third kappa shape index (κ3) is 3.40. The molecule has 1 aromatic rings. The largest absolute Gasteiger partial charge is 0.364 e. The van der Waals surface area contributed by atoms with E-state index < -0.39 is 0 Å². The highest BCUT2D eigenvalue weighted by Gasteiger charge is 2.45. The van der Waals surface area contributed by atoms with Crippen molar-refractivity contribution in [2.75, 3.05) is 26.2 Å². The molecule has 0 radical (unpaired) electrons. The number of hydrogen-bond donors (Lipinski definition) is 0. The number of nitrogens with zero attached hydrogens (tertiary/aromatic N) is 3. The van der Waals surface area contributed by atoms with Crippen LogP contribution in [0.2, 0.25) is 0 Å². The number of rotatable bonds is 3. The van der Waals surface area contributed by atoms with Crippen LogP contribution in [-0.4, -0.2) is 65.0 Å². The molecule has 2 aliphatic heterocycles. The van der Waals surface area contributed by atoms with E-state index in [2.05, 4.69) is 4.98 Å². The lowest BCUT2D eigenvalue weighted by atomic mass is 9.88. The first-order chi connectivity index (χ1) is 12.2. The van der Waals surface area contributed by atoms with Gasteiger partial charge in [0.25, 0.3) is 5.91 Å². The van der Waals surface area contributed by atoms with Crippen LogP contribution in [0.1, 0.15) is 42.5 Å². The highest BCUT2D eigenvalue weighted by molar-refractivity contribution is 5.94. The smallest absolute Gasteiger partial charge is 0.254 e. The lowest BCUT2D eigenvalue weighted by molar-refractivity contribution is -0.154. The SMILES string of the molecule is O=C(c1ccncc1)N1CC2OCC(=O)N(CC3CCCCC3)C2C1. The summed E-state index contributed by atoms with van der Waals surface area (Å²) in [5.74, 6) is 0.664. The van der Waals surface area contributed by atoms with E-state index in [4.69, 9.17) is 4.74 Å². The molecule has 0 aromatic carbocycles. The van der Waals surface area contributed by atoms with Crippen molar-refractivity contribution in [3.05, 3.63) is 30.1 Å². The van der Waals surface area contributed by atoms with Crippen LogP contribution in [0.25, 0.3) is 0 Å². The minimum absolute atomic E-state index is 0.00559. The zero-order valence-corrected chi connectivity index (χ0v) is 14.5. The standard InChI is InChI=1S/C19H25N3O3/c23-18-13-25-17-12-21(19(24)15-6-8-20-9-7-15)11-16(17)22(18)10-14-4-2-1-3-5-14/h6-9,14,16-17H,1-5,10-13H2. The molecule has 134 valence electrons. The zero-order chi connectivity index (χ0) is 17.2. The van der Waals surface area contributed by atoms with Gasteiger partial charge in [-0.2, -0.15) is 0 Å². The normalized spacial score (nSPS) is 27.4. The van der Waals surface area contributed by atoms with Gasteiger partial charge in [0.1, 0.15) is 6.61 Å². The van der Waals surface area contributed by atoms with Gasteiger partial charge in [0, 0.05) is 37.6 Å². The molecule has 1 aromatic heterocycles. The second kappa shape index (κ2) is 7.12. The fourth-order valence-electron chi connectivity index (χ4n) is 4.39. The van der Waals surface area contributed by atoms with Gasteiger partial charge in [0.2, 0.25) is 5.91 Å². The van der Waals surface area contributed by atoms with E-state index in [1.165, 1.54) is 32.1 Å². The van der Waals surface area contributed by atoms with E-state index in [1.807, 2.05) is 9.80 Å². The number of carbonyl (C=O) groups excluding carboxylic acids is 2. The Morgan fingerprint density at radius 1 is 1.16 bits per heavy atom. The molecular formula is C19H25N3O3. The second-order valence-electron chi connectivity index (χ2n) is 7.41. The van der Waals surface area contributed by atoms with Crippen LogP contribution in [0.5, 0.6) is 0 Å². The number of fused-ring (bicyclic) bond motifs is 1. The van der Waals surface area contributed by atoms with Crippen molar-refractivity contribution < 1.29 is 14.3 Å². The first kappa shape index (κ1) is 16.5. The topological polar surface area (TPSA) is 62.7 Å². The summed E-state index contributed by atoms with van der Waals surface area (Å²) in [6, 6.07) is 3.46. The van der Waals surface area contributed by atoms with Crippen molar-refractivity contribution in [1.82, 2.24) is 14.8 Å². The number of ether oxygens (including phenoxy) is 1. The molecule has 3 heterocycles. The van der Waals surface area contributed by atoms with Gasteiger partial charge in [-0.1, -0.05) is 19.3 Å². The Hall–Kier alpha value is -1.95. The number of morpholine rings is 1. The van der Waals surface area contributed by atoms with E-state index >= 15 is 0 Å². The van der Waals surface area contributed by atoms with Crippen LogP contribution in [0, 0.1) is 5.92 Å². The average Bonchev–Trinajstić information content (AvgIpc) is 3.10. The summed E-state index contributed by atoms with van der Waals surface area (Å²) in [7, 11) is 0. The van der Waals surface area contributed by atoms with Crippen molar-refractivity contribution in [2.24, 2.45) is 5.92 Å². The van der Waals surface area contributed by atoms with Crippen LogP contribution in [0.4, 0.5) is 0 Å².